The first-order valence-corrected chi connectivity index (χ1v) is 1.49. The lowest BCUT2D eigenvalue weighted by Crippen LogP contribution is -1.96. The molecule has 0 fully saturated rings. The fourth-order valence-electron chi connectivity index (χ4n) is 0. The van der Waals surface area contributed by atoms with Crippen molar-refractivity contribution < 1.29 is 9.50 Å². The van der Waals surface area contributed by atoms with E-state index in [1.54, 1.807) is 0 Å². The van der Waals surface area contributed by atoms with Crippen molar-refractivity contribution in [3.8, 4) is 0 Å². The molecule has 0 aromatic carbocycles. The van der Waals surface area contributed by atoms with Crippen LogP contribution in [0.4, 0.5) is 4.39 Å². The van der Waals surface area contributed by atoms with Crippen LogP contribution in [-0.4, -0.2) is 12.8 Å². The first-order chi connectivity index (χ1) is 2.27. The largest absolute Gasteiger partial charge is 0.248 e. The van der Waals surface area contributed by atoms with E-state index in [1.165, 1.54) is 6.92 Å². The summed E-state index contributed by atoms with van der Waals surface area (Å²) >= 11 is 0. The van der Waals surface area contributed by atoms with Gasteiger partial charge >= 0.3 is 0 Å². The van der Waals surface area contributed by atoms with Gasteiger partial charge in [0, 0.05) is 0 Å². The van der Waals surface area contributed by atoms with E-state index in [0.717, 1.165) is 0 Å². The van der Waals surface area contributed by atoms with Crippen molar-refractivity contribution >= 4 is 0 Å². The third-order valence-electron chi connectivity index (χ3n) is 0.217. The third-order valence-corrected chi connectivity index (χ3v) is 0.217. The average molecular weight is 77.1 g/mol. The molecule has 31 valence electrons. The van der Waals surface area contributed by atoms with Crippen LogP contribution < -0.4 is 0 Å². The minimum atomic E-state index is -1.03. The minimum Gasteiger partial charge on any atom is -0.248 e. The molecule has 0 bridgehead atoms. The summed E-state index contributed by atoms with van der Waals surface area (Å²) in [5.74, 6) is 0. The summed E-state index contributed by atoms with van der Waals surface area (Å²) in [5, 5.41) is 9.52. The molecule has 1 radical (unpaired) electrons. The van der Waals surface area contributed by atoms with Gasteiger partial charge in [0.25, 0.3) is 0 Å². The van der Waals surface area contributed by atoms with Gasteiger partial charge in [-0.2, -0.15) is 0 Å². The van der Waals surface area contributed by atoms with Crippen LogP contribution in [0, 0.1) is 0 Å². The lowest BCUT2D eigenvalue weighted by atomic mass is 10.5. The maximum Gasteiger partial charge on any atom is 0.118 e. The van der Waals surface area contributed by atoms with E-state index < -0.39 is 12.8 Å². The van der Waals surface area contributed by atoms with Crippen molar-refractivity contribution in [1.29, 1.82) is 0 Å². The third kappa shape index (κ3) is 3.89. The van der Waals surface area contributed by atoms with E-state index in [-0.39, 0.29) is 0 Å². The molecule has 1 atom stereocenters. The van der Waals surface area contributed by atoms with Crippen molar-refractivity contribution in [3.63, 3.8) is 0 Å². The summed E-state index contributed by atoms with van der Waals surface area (Å²) in [6, 6.07) is 0. The Hall–Kier alpha value is -0.110. The Labute approximate surface area is 30.4 Å². The first kappa shape index (κ1) is 4.89. The van der Waals surface area contributed by atoms with Gasteiger partial charge in [-0.15, -0.1) is 0 Å². The molecular formula is C3H6FO. The lowest BCUT2D eigenvalue weighted by Gasteiger charge is -1.83. The summed E-state index contributed by atoms with van der Waals surface area (Å²) in [7, 11) is 0. The first-order valence-electron chi connectivity index (χ1n) is 1.49. The number of hydrogen-bond acceptors (Lipinski definition) is 0. The molecule has 1 nitrogen and oxygen atoms in total. The zero-order valence-electron chi connectivity index (χ0n) is 3.07. The molecule has 0 aromatic rings. The Morgan fingerprint density at radius 2 is 2.20 bits per heavy atom. The van der Waals surface area contributed by atoms with Crippen LogP contribution in [0.5, 0.6) is 0 Å². The molecule has 2 heteroatoms. The maximum atomic E-state index is 10.8. The van der Waals surface area contributed by atoms with Crippen LogP contribution in [0.15, 0.2) is 0 Å². The van der Waals surface area contributed by atoms with Gasteiger partial charge < -0.3 is 0 Å². The van der Waals surface area contributed by atoms with Crippen LogP contribution in [0.3, 0.4) is 0 Å². The number of halogens is 1. The molecule has 0 aromatic heterocycles. The molecule has 0 aliphatic heterocycles. The Bertz CT molecular complexity index is 20.9. The van der Waals surface area contributed by atoms with Crippen molar-refractivity contribution in [1.82, 2.24) is 0 Å². The van der Waals surface area contributed by atoms with Gasteiger partial charge in [0.1, 0.15) is 12.8 Å². The molecule has 0 rings (SSSR count). The summed E-state index contributed by atoms with van der Waals surface area (Å²) in [6.07, 6.45) is -1.03. The summed E-state index contributed by atoms with van der Waals surface area (Å²) < 4.78 is 10.8. The Morgan fingerprint density at radius 1 is 2.00 bits per heavy atom. The molecule has 0 unspecified atom stereocenters. The van der Waals surface area contributed by atoms with Crippen molar-refractivity contribution in [2.24, 2.45) is 0 Å². The second-order valence-corrected chi connectivity index (χ2v) is 0.965. The average Bonchev–Trinajstić information content (AvgIpc) is 1.38. The van der Waals surface area contributed by atoms with Gasteiger partial charge in [0.05, 0.1) is 0 Å². The highest BCUT2D eigenvalue weighted by Crippen LogP contribution is 1.76. The highest BCUT2D eigenvalue weighted by atomic mass is 19.1. The molecule has 5 heavy (non-hydrogen) atoms. The molecule has 0 N–H and O–H groups in total. The SMILES string of the molecule is C[C@@H]([O])CF. The fourth-order valence-corrected chi connectivity index (χ4v) is 0. The van der Waals surface area contributed by atoms with Crippen LogP contribution >= 0.6 is 0 Å². The molecular weight excluding hydrogens is 71.0 g/mol. The summed E-state index contributed by atoms with van der Waals surface area (Å²) in [5.41, 5.74) is 0. The van der Waals surface area contributed by atoms with E-state index in [9.17, 15) is 9.50 Å². The molecule has 0 aliphatic carbocycles. The molecule has 0 aliphatic rings. The van der Waals surface area contributed by atoms with Crippen molar-refractivity contribution in [2.45, 2.75) is 13.0 Å². The van der Waals surface area contributed by atoms with Gasteiger partial charge in [-0.05, 0) is 6.92 Å². The van der Waals surface area contributed by atoms with Crippen LogP contribution in [0.25, 0.3) is 0 Å². The fraction of sp³-hybridized carbons (Fsp3) is 1.00. The normalized spacial score (nSPS) is 15.0. The summed E-state index contributed by atoms with van der Waals surface area (Å²) in [6.45, 7) is 0.542. The predicted molar refractivity (Wildman–Crippen MR) is 16.1 cm³/mol. The smallest absolute Gasteiger partial charge is 0.118 e. The standard InChI is InChI=1S/C3H6FO/c1-3(5)2-4/h3H,2H2,1H3/t3-/m1/s1. The van der Waals surface area contributed by atoms with Crippen molar-refractivity contribution in [2.75, 3.05) is 6.67 Å². The molecule has 0 saturated heterocycles. The Balaban J connectivity index is 2.54. The second-order valence-electron chi connectivity index (χ2n) is 0.965. The van der Waals surface area contributed by atoms with Gasteiger partial charge in [-0.3, -0.25) is 0 Å². The van der Waals surface area contributed by atoms with E-state index in [0.29, 0.717) is 0 Å². The van der Waals surface area contributed by atoms with Gasteiger partial charge in [-0.1, -0.05) is 0 Å². The number of alkyl halides is 1. The number of rotatable bonds is 1. The maximum absolute atomic E-state index is 10.8. The van der Waals surface area contributed by atoms with Crippen molar-refractivity contribution in [3.05, 3.63) is 0 Å². The molecule has 0 amide bonds. The molecule has 0 spiro atoms. The monoisotopic (exact) mass is 77.0 g/mol. The molecule has 0 heterocycles. The van der Waals surface area contributed by atoms with E-state index in [2.05, 4.69) is 0 Å². The lowest BCUT2D eigenvalue weighted by molar-refractivity contribution is 0.0809. The predicted octanol–water partition coefficient (Wildman–Crippen LogP) is 0.775. The zero-order chi connectivity index (χ0) is 4.28. The highest BCUT2D eigenvalue weighted by Gasteiger charge is 1.89. The van der Waals surface area contributed by atoms with E-state index >= 15 is 0 Å². The van der Waals surface area contributed by atoms with E-state index in [1.807, 2.05) is 0 Å². The van der Waals surface area contributed by atoms with Crippen LogP contribution in [0.2, 0.25) is 0 Å². The van der Waals surface area contributed by atoms with Gasteiger partial charge in [0.2, 0.25) is 0 Å². The Morgan fingerprint density at radius 3 is 2.20 bits per heavy atom. The van der Waals surface area contributed by atoms with E-state index in [4.69, 9.17) is 0 Å². The Kier molecular flexibility index (Phi) is 2.10. The van der Waals surface area contributed by atoms with Gasteiger partial charge in [0.15, 0.2) is 0 Å². The minimum absolute atomic E-state index is 0.750. The quantitative estimate of drug-likeness (QED) is 0.440. The summed E-state index contributed by atoms with van der Waals surface area (Å²) in [4.78, 5) is 0. The van der Waals surface area contributed by atoms with Gasteiger partial charge in [-0.25, -0.2) is 9.50 Å². The van der Waals surface area contributed by atoms with Crippen LogP contribution in [0.1, 0.15) is 6.92 Å². The topological polar surface area (TPSA) is 19.9 Å². The van der Waals surface area contributed by atoms with Crippen LogP contribution in [-0.2, 0) is 5.11 Å². The zero-order valence-corrected chi connectivity index (χ0v) is 3.07. The number of hydrogen-bond donors (Lipinski definition) is 0. The second kappa shape index (κ2) is 2.15. The highest BCUT2D eigenvalue weighted by molar-refractivity contribution is 4.34. The molecule has 0 saturated carbocycles.